The summed E-state index contributed by atoms with van der Waals surface area (Å²) in [7, 11) is 0. The molecule has 0 radical (unpaired) electrons. The first-order valence-corrected chi connectivity index (χ1v) is 5.59. The van der Waals surface area contributed by atoms with E-state index in [1.54, 1.807) is 0 Å². The minimum atomic E-state index is 0.0376. The van der Waals surface area contributed by atoms with Gasteiger partial charge in [-0.1, -0.05) is 12.1 Å². The molecule has 3 rings (SSSR count). The maximum atomic E-state index is 5.87. The molecule has 0 unspecified atom stereocenters. The molecule has 1 aliphatic rings. The third kappa shape index (κ3) is 2.01. The Morgan fingerprint density at radius 3 is 3.00 bits per heavy atom. The van der Waals surface area contributed by atoms with Gasteiger partial charge in [0.05, 0.1) is 18.7 Å². The molecule has 88 valence electrons. The summed E-state index contributed by atoms with van der Waals surface area (Å²) in [5.74, 6) is 0.449. The molecule has 0 saturated carbocycles. The van der Waals surface area contributed by atoms with Crippen LogP contribution in [-0.4, -0.2) is 29.3 Å². The van der Waals surface area contributed by atoms with Crippen LogP contribution in [0.15, 0.2) is 24.3 Å². The van der Waals surface area contributed by atoms with Gasteiger partial charge in [-0.3, -0.25) is 0 Å². The highest BCUT2D eigenvalue weighted by molar-refractivity contribution is 5.88. The van der Waals surface area contributed by atoms with E-state index in [1.807, 2.05) is 24.3 Å². The van der Waals surface area contributed by atoms with Gasteiger partial charge in [0.15, 0.2) is 0 Å². The standard InChI is InChI=1S/C12H13N3O2/c13-11-9-3-1-2-4-10(9)14-12(15-11)17-8-5-6-16-7-8/h1-4,8H,5-7H2,(H2,13,14,15)/t8-/m0/s1. The predicted octanol–water partition coefficient (Wildman–Crippen LogP) is 1.38. The average Bonchev–Trinajstić information content (AvgIpc) is 2.82. The van der Waals surface area contributed by atoms with Gasteiger partial charge in [0.1, 0.15) is 11.9 Å². The minimum absolute atomic E-state index is 0.0376. The molecule has 2 heterocycles. The van der Waals surface area contributed by atoms with Crippen molar-refractivity contribution in [3.05, 3.63) is 24.3 Å². The summed E-state index contributed by atoms with van der Waals surface area (Å²) < 4.78 is 10.9. The van der Waals surface area contributed by atoms with Crippen LogP contribution < -0.4 is 10.5 Å². The zero-order valence-electron chi connectivity index (χ0n) is 9.30. The summed E-state index contributed by atoms with van der Waals surface area (Å²) in [6.07, 6.45) is 0.909. The van der Waals surface area contributed by atoms with Gasteiger partial charge in [-0.25, -0.2) is 0 Å². The summed E-state index contributed by atoms with van der Waals surface area (Å²) >= 11 is 0. The van der Waals surface area contributed by atoms with Gasteiger partial charge < -0.3 is 15.2 Å². The van der Waals surface area contributed by atoms with E-state index in [9.17, 15) is 0 Å². The first kappa shape index (κ1) is 10.3. The van der Waals surface area contributed by atoms with Crippen molar-refractivity contribution < 1.29 is 9.47 Å². The Morgan fingerprint density at radius 1 is 1.29 bits per heavy atom. The Morgan fingerprint density at radius 2 is 2.18 bits per heavy atom. The Bertz CT molecular complexity index is 538. The Labute approximate surface area is 98.6 Å². The van der Waals surface area contributed by atoms with Crippen molar-refractivity contribution in [1.82, 2.24) is 9.97 Å². The van der Waals surface area contributed by atoms with Crippen molar-refractivity contribution in [1.29, 1.82) is 0 Å². The van der Waals surface area contributed by atoms with Crippen molar-refractivity contribution in [2.45, 2.75) is 12.5 Å². The lowest BCUT2D eigenvalue weighted by Crippen LogP contribution is -2.17. The molecule has 2 N–H and O–H groups in total. The highest BCUT2D eigenvalue weighted by atomic mass is 16.6. The fraction of sp³-hybridized carbons (Fsp3) is 0.333. The summed E-state index contributed by atoms with van der Waals surface area (Å²) in [5.41, 5.74) is 6.67. The van der Waals surface area contributed by atoms with Crippen LogP contribution >= 0.6 is 0 Å². The van der Waals surface area contributed by atoms with Gasteiger partial charge in [-0.15, -0.1) is 0 Å². The van der Waals surface area contributed by atoms with Crippen LogP contribution in [0.5, 0.6) is 6.01 Å². The third-order valence-electron chi connectivity index (χ3n) is 2.77. The number of benzene rings is 1. The summed E-state index contributed by atoms with van der Waals surface area (Å²) in [6, 6.07) is 7.94. The molecule has 17 heavy (non-hydrogen) atoms. The van der Waals surface area contributed by atoms with Crippen LogP contribution in [0.2, 0.25) is 0 Å². The predicted molar refractivity (Wildman–Crippen MR) is 63.8 cm³/mol. The fourth-order valence-corrected chi connectivity index (χ4v) is 1.89. The van der Waals surface area contributed by atoms with Crippen molar-refractivity contribution in [2.75, 3.05) is 18.9 Å². The van der Waals surface area contributed by atoms with Crippen molar-refractivity contribution in [3.8, 4) is 6.01 Å². The van der Waals surface area contributed by atoms with Gasteiger partial charge in [0.2, 0.25) is 0 Å². The molecule has 0 spiro atoms. The van der Waals surface area contributed by atoms with Crippen molar-refractivity contribution in [2.24, 2.45) is 0 Å². The number of anilines is 1. The normalized spacial score (nSPS) is 19.6. The fourth-order valence-electron chi connectivity index (χ4n) is 1.89. The summed E-state index contributed by atoms with van der Waals surface area (Å²) in [6.45, 7) is 1.32. The Kier molecular flexibility index (Phi) is 2.53. The number of ether oxygens (including phenoxy) is 2. The van der Waals surface area contributed by atoms with E-state index in [-0.39, 0.29) is 6.10 Å². The monoisotopic (exact) mass is 231 g/mol. The van der Waals surface area contributed by atoms with Gasteiger partial charge in [-0.05, 0) is 12.1 Å². The molecule has 1 atom stereocenters. The van der Waals surface area contributed by atoms with Crippen LogP contribution in [0.4, 0.5) is 5.82 Å². The largest absolute Gasteiger partial charge is 0.458 e. The van der Waals surface area contributed by atoms with Crippen LogP contribution in [0, 0.1) is 0 Å². The number of hydrogen-bond acceptors (Lipinski definition) is 5. The van der Waals surface area contributed by atoms with E-state index in [0.29, 0.717) is 18.4 Å². The molecule has 0 aliphatic carbocycles. The lowest BCUT2D eigenvalue weighted by Gasteiger charge is -2.10. The molecule has 0 bridgehead atoms. The Balaban J connectivity index is 1.94. The van der Waals surface area contributed by atoms with E-state index < -0.39 is 0 Å². The van der Waals surface area contributed by atoms with Crippen LogP contribution in [0.25, 0.3) is 10.9 Å². The van der Waals surface area contributed by atoms with Gasteiger partial charge >= 0.3 is 6.01 Å². The zero-order chi connectivity index (χ0) is 11.7. The third-order valence-corrected chi connectivity index (χ3v) is 2.77. The molecule has 1 saturated heterocycles. The number of nitrogens with two attached hydrogens (primary N) is 1. The van der Waals surface area contributed by atoms with E-state index in [0.717, 1.165) is 23.9 Å². The van der Waals surface area contributed by atoms with E-state index in [4.69, 9.17) is 15.2 Å². The molecule has 1 aromatic carbocycles. The number of rotatable bonds is 2. The molecule has 5 nitrogen and oxygen atoms in total. The molecule has 1 aromatic heterocycles. The highest BCUT2D eigenvalue weighted by Gasteiger charge is 2.19. The number of aromatic nitrogens is 2. The van der Waals surface area contributed by atoms with Crippen molar-refractivity contribution in [3.63, 3.8) is 0 Å². The second kappa shape index (κ2) is 4.18. The number of nitrogens with zero attached hydrogens (tertiary/aromatic N) is 2. The average molecular weight is 231 g/mol. The van der Waals surface area contributed by atoms with Gasteiger partial charge in [-0.2, -0.15) is 9.97 Å². The maximum Gasteiger partial charge on any atom is 0.319 e. The molecular formula is C12H13N3O2. The Hall–Kier alpha value is -1.88. The van der Waals surface area contributed by atoms with Crippen LogP contribution in [0.3, 0.4) is 0 Å². The SMILES string of the molecule is Nc1nc(O[C@H]2CCOC2)nc2ccccc12. The second-order valence-electron chi connectivity index (χ2n) is 4.01. The quantitative estimate of drug-likeness (QED) is 0.845. The topological polar surface area (TPSA) is 70.3 Å². The first-order chi connectivity index (χ1) is 8.33. The lowest BCUT2D eigenvalue weighted by atomic mass is 10.2. The number of fused-ring (bicyclic) bond motifs is 1. The van der Waals surface area contributed by atoms with Crippen LogP contribution in [-0.2, 0) is 4.74 Å². The smallest absolute Gasteiger partial charge is 0.319 e. The van der Waals surface area contributed by atoms with Gasteiger partial charge in [0.25, 0.3) is 0 Å². The maximum absolute atomic E-state index is 5.87. The van der Waals surface area contributed by atoms with Crippen molar-refractivity contribution >= 4 is 16.7 Å². The molecule has 0 amide bonds. The van der Waals surface area contributed by atoms with Gasteiger partial charge in [0, 0.05) is 11.8 Å². The second-order valence-corrected chi connectivity index (χ2v) is 4.01. The molecule has 1 fully saturated rings. The lowest BCUT2D eigenvalue weighted by molar-refractivity contribution is 0.134. The zero-order valence-corrected chi connectivity index (χ0v) is 9.30. The number of para-hydroxylation sites is 1. The van der Waals surface area contributed by atoms with Crippen LogP contribution in [0.1, 0.15) is 6.42 Å². The van der Waals surface area contributed by atoms with E-state index in [2.05, 4.69) is 9.97 Å². The first-order valence-electron chi connectivity index (χ1n) is 5.59. The highest BCUT2D eigenvalue weighted by Crippen LogP contribution is 2.21. The number of nitrogen functional groups attached to an aromatic ring is 1. The number of hydrogen-bond donors (Lipinski definition) is 1. The molecule has 5 heteroatoms. The van der Waals surface area contributed by atoms with E-state index in [1.165, 1.54) is 0 Å². The minimum Gasteiger partial charge on any atom is -0.458 e. The summed E-state index contributed by atoms with van der Waals surface area (Å²) in [5, 5.41) is 0.850. The van der Waals surface area contributed by atoms with E-state index >= 15 is 0 Å². The molecule has 2 aromatic rings. The molecular weight excluding hydrogens is 218 g/mol. The summed E-state index contributed by atoms with van der Waals surface area (Å²) in [4.78, 5) is 8.48. The molecule has 1 aliphatic heterocycles.